The molecule has 1 N–H and O–H groups in total. The molecule has 0 aliphatic heterocycles. The highest BCUT2D eigenvalue weighted by atomic mass is 16.3. The molecule has 1 aromatic carbocycles. The lowest BCUT2D eigenvalue weighted by atomic mass is 9.89. The van der Waals surface area contributed by atoms with Crippen LogP contribution in [0, 0.1) is 0 Å². The molecule has 1 heterocycles. The summed E-state index contributed by atoms with van der Waals surface area (Å²) in [5, 5.41) is 3.10. The summed E-state index contributed by atoms with van der Waals surface area (Å²) in [7, 11) is 1.92. The van der Waals surface area contributed by atoms with Crippen LogP contribution in [0.5, 0.6) is 0 Å². The van der Waals surface area contributed by atoms with Gasteiger partial charge in [0.2, 0.25) is 5.91 Å². The Balaban J connectivity index is 1.54. The first-order valence-corrected chi connectivity index (χ1v) is 8.74. The minimum Gasteiger partial charge on any atom is -0.468 e. The number of carbonyl (C=O) groups is 1. The third kappa shape index (κ3) is 4.26. The van der Waals surface area contributed by atoms with Crippen LogP contribution < -0.4 is 5.32 Å². The SMILES string of the molecule is CC(NC(=O)CN(C)Cc1ccco1)c1ccc2c(c1)CCCC2. The van der Waals surface area contributed by atoms with Crippen molar-refractivity contribution in [2.24, 2.45) is 0 Å². The molecule has 4 nitrogen and oxygen atoms in total. The number of nitrogens with zero attached hydrogens (tertiary/aromatic N) is 1. The molecule has 3 rings (SSSR count). The number of nitrogens with one attached hydrogen (secondary N) is 1. The van der Waals surface area contributed by atoms with E-state index < -0.39 is 0 Å². The lowest BCUT2D eigenvalue weighted by Gasteiger charge is -2.21. The normalized spacial score (nSPS) is 15.1. The molecule has 1 unspecified atom stereocenters. The Kier molecular flexibility index (Phi) is 5.36. The van der Waals surface area contributed by atoms with E-state index in [0.29, 0.717) is 13.1 Å². The first kappa shape index (κ1) is 16.8. The van der Waals surface area contributed by atoms with Crippen LogP contribution in [-0.2, 0) is 24.2 Å². The van der Waals surface area contributed by atoms with Gasteiger partial charge in [0.05, 0.1) is 25.4 Å². The van der Waals surface area contributed by atoms with E-state index >= 15 is 0 Å². The molecule has 0 saturated carbocycles. The van der Waals surface area contributed by atoms with Crippen molar-refractivity contribution in [2.45, 2.75) is 45.2 Å². The van der Waals surface area contributed by atoms with E-state index in [9.17, 15) is 4.79 Å². The summed E-state index contributed by atoms with van der Waals surface area (Å²) in [5.74, 6) is 0.905. The summed E-state index contributed by atoms with van der Waals surface area (Å²) in [6, 6.07) is 10.5. The van der Waals surface area contributed by atoms with Gasteiger partial charge in [0.15, 0.2) is 0 Å². The van der Waals surface area contributed by atoms with E-state index in [1.54, 1.807) is 6.26 Å². The third-order valence-electron chi connectivity index (χ3n) is 4.67. The lowest BCUT2D eigenvalue weighted by Crippen LogP contribution is -2.36. The molecule has 1 atom stereocenters. The quantitative estimate of drug-likeness (QED) is 0.884. The largest absolute Gasteiger partial charge is 0.468 e. The minimum absolute atomic E-state index is 0.0294. The second kappa shape index (κ2) is 7.67. The van der Waals surface area contributed by atoms with E-state index in [4.69, 9.17) is 4.42 Å². The van der Waals surface area contributed by atoms with Crippen LogP contribution >= 0.6 is 0 Å². The Morgan fingerprint density at radius 2 is 2.04 bits per heavy atom. The minimum atomic E-state index is 0.0294. The van der Waals surface area contributed by atoms with Crippen LogP contribution in [0.2, 0.25) is 0 Å². The molecule has 0 spiro atoms. The number of rotatable bonds is 6. The van der Waals surface area contributed by atoms with Crippen LogP contribution in [0.4, 0.5) is 0 Å². The predicted octanol–water partition coefficient (Wildman–Crippen LogP) is 3.47. The van der Waals surface area contributed by atoms with Crippen molar-refractivity contribution < 1.29 is 9.21 Å². The molecule has 1 aliphatic carbocycles. The monoisotopic (exact) mass is 326 g/mol. The lowest BCUT2D eigenvalue weighted by molar-refractivity contribution is -0.122. The van der Waals surface area contributed by atoms with Gasteiger partial charge in [-0.3, -0.25) is 9.69 Å². The van der Waals surface area contributed by atoms with Crippen LogP contribution in [-0.4, -0.2) is 24.4 Å². The van der Waals surface area contributed by atoms with Gasteiger partial charge >= 0.3 is 0 Å². The molecule has 1 amide bonds. The molecular weight excluding hydrogens is 300 g/mol. The van der Waals surface area contributed by atoms with E-state index in [-0.39, 0.29) is 11.9 Å². The molecule has 128 valence electrons. The van der Waals surface area contributed by atoms with Crippen molar-refractivity contribution in [2.75, 3.05) is 13.6 Å². The first-order chi connectivity index (χ1) is 11.6. The summed E-state index contributed by atoms with van der Waals surface area (Å²) in [6.07, 6.45) is 6.57. The standard InChI is InChI=1S/C20H26N2O2/c1-15(17-10-9-16-6-3-4-7-18(16)12-17)21-20(23)14-22(2)13-19-8-5-11-24-19/h5,8-12,15H,3-4,6-7,13-14H2,1-2H3,(H,21,23). The molecule has 0 radical (unpaired) electrons. The highest BCUT2D eigenvalue weighted by Gasteiger charge is 2.15. The van der Waals surface area contributed by atoms with Crippen molar-refractivity contribution >= 4 is 5.91 Å². The number of likely N-dealkylation sites (N-methyl/N-ethyl adjacent to an activating group) is 1. The highest BCUT2D eigenvalue weighted by Crippen LogP contribution is 2.24. The number of amides is 1. The van der Waals surface area contributed by atoms with E-state index in [2.05, 4.69) is 30.4 Å². The number of aryl methyl sites for hydroxylation is 2. The van der Waals surface area contributed by atoms with Gasteiger partial charge in [0, 0.05) is 0 Å². The second-order valence-electron chi connectivity index (χ2n) is 6.78. The Labute approximate surface area is 143 Å². The molecule has 0 fully saturated rings. The maximum absolute atomic E-state index is 12.3. The second-order valence-corrected chi connectivity index (χ2v) is 6.78. The highest BCUT2D eigenvalue weighted by molar-refractivity contribution is 5.78. The zero-order valence-electron chi connectivity index (χ0n) is 14.5. The van der Waals surface area contributed by atoms with Gasteiger partial charge in [-0.25, -0.2) is 0 Å². The van der Waals surface area contributed by atoms with Crippen LogP contribution in [0.15, 0.2) is 41.0 Å². The molecule has 4 heteroatoms. The average molecular weight is 326 g/mol. The molecule has 0 bridgehead atoms. The van der Waals surface area contributed by atoms with Crippen molar-refractivity contribution in [1.29, 1.82) is 0 Å². The van der Waals surface area contributed by atoms with Crippen LogP contribution in [0.3, 0.4) is 0 Å². The van der Waals surface area contributed by atoms with Gasteiger partial charge in [0.25, 0.3) is 0 Å². The van der Waals surface area contributed by atoms with Crippen molar-refractivity contribution in [3.63, 3.8) is 0 Å². The zero-order valence-corrected chi connectivity index (χ0v) is 14.5. The Hall–Kier alpha value is -2.07. The fourth-order valence-corrected chi connectivity index (χ4v) is 3.36. The Morgan fingerprint density at radius 3 is 2.79 bits per heavy atom. The molecule has 1 aromatic heterocycles. The van der Waals surface area contributed by atoms with E-state index in [1.807, 2.05) is 24.1 Å². The number of furan rings is 1. The van der Waals surface area contributed by atoms with E-state index in [1.165, 1.54) is 36.0 Å². The molecule has 1 aliphatic rings. The van der Waals surface area contributed by atoms with Crippen molar-refractivity contribution in [3.05, 3.63) is 59.0 Å². The summed E-state index contributed by atoms with van der Waals surface area (Å²) < 4.78 is 5.32. The smallest absolute Gasteiger partial charge is 0.234 e. The maximum atomic E-state index is 12.3. The van der Waals surface area contributed by atoms with E-state index in [0.717, 1.165) is 12.2 Å². The van der Waals surface area contributed by atoms with Gasteiger partial charge in [0.1, 0.15) is 5.76 Å². The van der Waals surface area contributed by atoms with Crippen molar-refractivity contribution in [1.82, 2.24) is 10.2 Å². The third-order valence-corrected chi connectivity index (χ3v) is 4.67. The number of benzene rings is 1. The number of hydrogen-bond acceptors (Lipinski definition) is 3. The summed E-state index contributed by atoms with van der Waals surface area (Å²) in [4.78, 5) is 14.2. The van der Waals surface area contributed by atoms with Gasteiger partial charge in [-0.1, -0.05) is 18.2 Å². The molecule has 24 heavy (non-hydrogen) atoms. The van der Waals surface area contributed by atoms with Crippen LogP contribution in [0.25, 0.3) is 0 Å². The zero-order chi connectivity index (χ0) is 16.9. The Morgan fingerprint density at radius 1 is 1.25 bits per heavy atom. The number of hydrogen-bond donors (Lipinski definition) is 1. The van der Waals surface area contributed by atoms with Gasteiger partial charge < -0.3 is 9.73 Å². The maximum Gasteiger partial charge on any atom is 0.234 e. The predicted molar refractivity (Wildman–Crippen MR) is 94.7 cm³/mol. The van der Waals surface area contributed by atoms with Gasteiger partial charge in [-0.15, -0.1) is 0 Å². The summed E-state index contributed by atoms with van der Waals surface area (Å²) in [5.41, 5.74) is 4.12. The van der Waals surface area contributed by atoms with Crippen molar-refractivity contribution in [3.8, 4) is 0 Å². The molecule has 2 aromatic rings. The topological polar surface area (TPSA) is 45.5 Å². The van der Waals surface area contributed by atoms with Crippen LogP contribution in [0.1, 0.15) is 48.3 Å². The fourth-order valence-electron chi connectivity index (χ4n) is 3.36. The Bertz CT molecular complexity index is 679. The summed E-state index contributed by atoms with van der Waals surface area (Å²) in [6.45, 7) is 3.04. The number of fused-ring (bicyclic) bond motifs is 1. The average Bonchev–Trinajstić information content (AvgIpc) is 3.06. The molecular formula is C20H26N2O2. The number of carbonyl (C=O) groups excluding carboxylic acids is 1. The van der Waals surface area contributed by atoms with Gasteiger partial charge in [-0.2, -0.15) is 0 Å². The fraction of sp³-hybridized carbons (Fsp3) is 0.450. The van der Waals surface area contributed by atoms with Gasteiger partial charge in [-0.05, 0) is 68.5 Å². The molecule has 0 saturated heterocycles. The summed E-state index contributed by atoms with van der Waals surface area (Å²) >= 11 is 0. The first-order valence-electron chi connectivity index (χ1n) is 8.74.